The molecule has 0 bridgehead atoms. The molecule has 0 unspecified atom stereocenters. The van der Waals surface area contributed by atoms with E-state index in [2.05, 4.69) is 10.6 Å². The van der Waals surface area contributed by atoms with Crippen LogP contribution in [0.2, 0.25) is 0 Å². The van der Waals surface area contributed by atoms with Gasteiger partial charge in [0.25, 0.3) is 0 Å². The van der Waals surface area contributed by atoms with Crippen molar-refractivity contribution in [1.29, 1.82) is 0 Å². The van der Waals surface area contributed by atoms with Crippen LogP contribution in [0.15, 0.2) is 64.7 Å². The maximum absolute atomic E-state index is 12.8. The van der Waals surface area contributed by atoms with Gasteiger partial charge in [-0.1, -0.05) is 24.3 Å². The molecule has 180 valence electrons. The van der Waals surface area contributed by atoms with Gasteiger partial charge in [0.1, 0.15) is 12.4 Å². The number of rotatable bonds is 8. The molecule has 1 heterocycles. The Kier molecular flexibility index (Phi) is 7.57. The van der Waals surface area contributed by atoms with E-state index in [1.807, 2.05) is 0 Å². The molecule has 3 rings (SSSR count). The minimum absolute atomic E-state index is 0.0215. The highest BCUT2D eigenvalue weighted by Crippen LogP contribution is 2.29. The van der Waals surface area contributed by atoms with E-state index >= 15 is 0 Å². The van der Waals surface area contributed by atoms with Crippen LogP contribution >= 0.6 is 0 Å². The van der Waals surface area contributed by atoms with Gasteiger partial charge >= 0.3 is 18.0 Å². The van der Waals surface area contributed by atoms with Gasteiger partial charge in [0.2, 0.25) is 0 Å². The molecule has 2 amide bonds. The van der Waals surface area contributed by atoms with E-state index in [1.54, 1.807) is 31.2 Å². The monoisotopic (exact) mass is 488 g/mol. The zero-order valence-corrected chi connectivity index (χ0v) is 19.6. The first-order valence-electron chi connectivity index (χ1n) is 10.2. The summed E-state index contributed by atoms with van der Waals surface area (Å²) in [5.74, 6) is -1.05. The van der Waals surface area contributed by atoms with Gasteiger partial charge in [0.05, 0.1) is 41.5 Å². The Labute approximate surface area is 196 Å². The molecular weight excluding hydrogens is 464 g/mol. The summed E-state index contributed by atoms with van der Waals surface area (Å²) < 4.78 is 39.6. The van der Waals surface area contributed by atoms with E-state index in [4.69, 9.17) is 14.2 Å². The molecule has 0 spiro atoms. The van der Waals surface area contributed by atoms with Crippen molar-refractivity contribution in [2.75, 3.05) is 26.6 Å². The van der Waals surface area contributed by atoms with Gasteiger partial charge in [-0.2, -0.15) is 0 Å². The largest absolute Gasteiger partial charge is 0.497 e. The fourth-order valence-corrected chi connectivity index (χ4v) is 4.28. The van der Waals surface area contributed by atoms with E-state index in [-0.39, 0.29) is 28.3 Å². The van der Waals surface area contributed by atoms with Crippen LogP contribution in [0.3, 0.4) is 0 Å². The van der Waals surface area contributed by atoms with Gasteiger partial charge in [-0.15, -0.1) is 0 Å². The van der Waals surface area contributed by atoms with Crippen molar-refractivity contribution in [2.45, 2.75) is 17.9 Å². The van der Waals surface area contributed by atoms with E-state index in [0.717, 1.165) is 6.26 Å². The number of carbonyl (C=O) groups is 3. The van der Waals surface area contributed by atoms with Crippen molar-refractivity contribution in [1.82, 2.24) is 10.6 Å². The number of ether oxygens (including phenoxy) is 3. The Balaban J connectivity index is 1.96. The number of sulfone groups is 1. The summed E-state index contributed by atoms with van der Waals surface area (Å²) in [5.41, 5.74) is 0.490. The summed E-state index contributed by atoms with van der Waals surface area (Å²) >= 11 is 0. The van der Waals surface area contributed by atoms with Crippen LogP contribution in [0.4, 0.5) is 4.79 Å². The van der Waals surface area contributed by atoms with Gasteiger partial charge in [-0.3, -0.25) is 0 Å². The Morgan fingerprint density at radius 3 is 2.29 bits per heavy atom. The Morgan fingerprint density at radius 2 is 1.68 bits per heavy atom. The third kappa shape index (κ3) is 5.54. The molecule has 1 aliphatic rings. The maximum atomic E-state index is 12.8. The quantitative estimate of drug-likeness (QED) is 0.539. The Morgan fingerprint density at radius 1 is 1.00 bits per heavy atom. The number of carbonyl (C=O) groups excluding carboxylic acids is 3. The maximum Gasteiger partial charge on any atom is 0.339 e. The van der Waals surface area contributed by atoms with Gasteiger partial charge in [-0.25, -0.2) is 22.8 Å². The molecule has 0 saturated heterocycles. The van der Waals surface area contributed by atoms with Crippen molar-refractivity contribution >= 4 is 27.8 Å². The van der Waals surface area contributed by atoms with Crippen molar-refractivity contribution < 1.29 is 37.0 Å². The van der Waals surface area contributed by atoms with Gasteiger partial charge in [0.15, 0.2) is 9.84 Å². The van der Waals surface area contributed by atoms with Gasteiger partial charge in [0, 0.05) is 6.26 Å². The predicted octanol–water partition coefficient (Wildman–Crippen LogP) is 2.13. The lowest BCUT2D eigenvalue weighted by atomic mass is 9.95. The van der Waals surface area contributed by atoms with Crippen LogP contribution in [0.1, 0.15) is 28.9 Å². The van der Waals surface area contributed by atoms with Crippen LogP contribution in [-0.2, 0) is 24.1 Å². The van der Waals surface area contributed by atoms with Gasteiger partial charge < -0.3 is 24.8 Å². The fraction of sp³-hybridized carbons (Fsp3) is 0.261. The van der Waals surface area contributed by atoms with Crippen LogP contribution in [0, 0.1) is 0 Å². The molecule has 0 saturated carbocycles. The zero-order valence-electron chi connectivity index (χ0n) is 18.8. The number of hydrogen-bond acceptors (Lipinski definition) is 8. The summed E-state index contributed by atoms with van der Waals surface area (Å²) in [5, 5.41) is 5.16. The lowest BCUT2D eigenvalue weighted by molar-refractivity contribution is -0.139. The molecular formula is C23H24N2O8S. The molecule has 0 aromatic heterocycles. The highest BCUT2D eigenvalue weighted by atomic mass is 32.2. The number of benzene rings is 2. The van der Waals surface area contributed by atoms with E-state index < -0.39 is 40.5 Å². The summed E-state index contributed by atoms with van der Waals surface area (Å²) in [7, 11) is -2.18. The fourth-order valence-electron chi connectivity index (χ4n) is 3.40. The SMILES string of the molecule is CCOC(=O)C1=C(COC(=O)c2ccccc2S(C)(=O)=O)NC(=O)N[C@@H]1c1ccc(OC)cc1. The molecule has 2 N–H and O–H groups in total. The standard InChI is InChI=1S/C23H24N2O8S/c1-4-32-22(27)19-17(13-33-21(26)16-7-5-6-8-18(16)34(3,29)30)24-23(28)25-20(19)14-9-11-15(31-2)12-10-14/h5-12,20H,4,13H2,1-3H3,(H2,24,25,28)/t20-/m1/s1. The predicted molar refractivity (Wildman–Crippen MR) is 121 cm³/mol. The average molecular weight is 489 g/mol. The minimum atomic E-state index is -3.69. The van der Waals surface area contributed by atoms with Gasteiger partial charge in [-0.05, 0) is 36.8 Å². The molecule has 2 aromatic carbocycles. The van der Waals surface area contributed by atoms with E-state index in [0.29, 0.717) is 11.3 Å². The van der Waals surface area contributed by atoms with Crippen LogP contribution in [-0.4, -0.2) is 53.0 Å². The lowest BCUT2D eigenvalue weighted by Crippen LogP contribution is -2.47. The molecule has 0 radical (unpaired) electrons. The highest BCUT2D eigenvalue weighted by Gasteiger charge is 2.34. The molecule has 2 aromatic rings. The first-order valence-corrected chi connectivity index (χ1v) is 12.1. The van der Waals surface area contributed by atoms with Crippen LogP contribution in [0.25, 0.3) is 0 Å². The second-order valence-corrected chi connectivity index (χ2v) is 9.25. The van der Waals surface area contributed by atoms with Crippen molar-refractivity contribution in [2.24, 2.45) is 0 Å². The van der Waals surface area contributed by atoms with Crippen LogP contribution in [0.5, 0.6) is 5.75 Å². The number of hydrogen-bond donors (Lipinski definition) is 2. The Hall–Kier alpha value is -3.86. The number of urea groups is 1. The molecule has 1 atom stereocenters. The normalized spacial score (nSPS) is 15.7. The summed E-state index contributed by atoms with van der Waals surface area (Å²) in [6, 6.07) is 10.8. The van der Waals surface area contributed by atoms with E-state index in [9.17, 15) is 22.8 Å². The summed E-state index contributed by atoms with van der Waals surface area (Å²) in [4.78, 5) is 37.7. The third-order valence-electron chi connectivity index (χ3n) is 4.95. The Bertz CT molecular complexity index is 1240. The second-order valence-electron chi connectivity index (χ2n) is 7.26. The number of amides is 2. The topological polar surface area (TPSA) is 137 Å². The number of esters is 2. The molecule has 1 aliphatic heterocycles. The van der Waals surface area contributed by atoms with Crippen LogP contribution < -0.4 is 15.4 Å². The van der Waals surface area contributed by atoms with E-state index in [1.165, 1.54) is 31.4 Å². The first-order chi connectivity index (χ1) is 16.2. The van der Waals surface area contributed by atoms with Crippen molar-refractivity contribution in [3.8, 4) is 5.75 Å². The molecule has 10 nitrogen and oxygen atoms in total. The third-order valence-corrected chi connectivity index (χ3v) is 6.11. The zero-order chi connectivity index (χ0) is 24.9. The molecule has 11 heteroatoms. The minimum Gasteiger partial charge on any atom is -0.497 e. The molecule has 34 heavy (non-hydrogen) atoms. The summed E-state index contributed by atoms with van der Waals surface area (Å²) in [6.07, 6.45) is 0.979. The highest BCUT2D eigenvalue weighted by molar-refractivity contribution is 7.90. The first kappa shape index (κ1) is 24.8. The van der Waals surface area contributed by atoms with Crippen molar-refractivity contribution in [3.05, 3.63) is 70.9 Å². The number of methoxy groups -OCH3 is 1. The smallest absolute Gasteiger partial charge is 0.339 e. The summed E-state index contributed by atoms with van der Waals surface area (Å²) in [6.45, 7) is 1.23. The molecule has 0 fully saturated rings. The number of nitrogens with one attached hydrogen (secondary N) is 2. The average Bonchev–Trinajstić information content (AvgIpc) is 2.81. The molecule has 0 aliphatic carbocycles. The van der Waals surface area contributed by atoms with Crippen molar-refractivity contribution in [3.63, 3.8) is 0 Å². The lowest BCUT2D eigenvalue weighted by Gasteiger charge is -2.29. The second kappa shape index (κ2) is 10.4.